The normalized spacial score (nSPS) is 10.0. The van der Waals surface area contributed by atoms with Gasteiger partial charge in [-0.1, -0.05) is 12.1 Å². The quantitative estimate of drug-likeness (QED) is 0.131. The van der Waals surface area contributed by atoms with Gasteiger partial charge < -0.3 is 28.4 Å². The van der Waals surface area contributed by atoms with Gasteiger partial charge in [-0.25, -0.2) is 29.0 Å². The van der Waals surface area contributed by atoms with Crippen LogP contribution in [0.15, 0.2) is 36.4 Å². The summed E-state index contributed by atoms with van der Waals surface area (Å²) >= 11 is 0. The molecule has 2 aromatic carbocycles. The Kier molecular flexibility index (Phi) is 13.1. The fraction of sp³-hybridized carbons (Fsp3) is 0.333. The molecule has 2 aromatic rings. The molecule has 0 amide bonds. The van der Waals surface area contributed by atoms with E-state index in [0.29, 0.717) is 0 Å². The number of benzene rings is 2. The summed E-state index contributed by atoms with van der Waals surface area (Å²) in [6.45, 7) is -0.316. The summed E-state index contributed by atoms with van der Waals surface area (Å²) in [6.07, 6.45) is -2.13. The third-order valence-electron chi connectivity index (χ3n) is 4.65. The van der Waals surface area contributed by atoms with Crippen molar-refractivity contribution in [2.24, 2.45) is 0 Å². The molecule has 40 heavy (non-hydrogen) atoms. The smallest absolute Gasteiger partial charge is 0.493 e. The van der Waals surface area contributed by atoms with Gasteiger partial charge in [0.05, 0.1) is 51.7 Å². The molecule has 2 rings (SSSR count). The summed E-state index contributed by atoms with van der Waals surface area (Å²) in [4.78, 5) is 64.2. The first-order chi connectivity index (χ1) is 19.4. The number of ether oxygens (including phenoxy) is 6. The molecule has 218 valence electrons. The van der Waals surface area contributed by atoms with Crippen LogP contribution >= 0.6 is 0 Å². The maximum Gasteiger partial charge on any atom is 0.543 e. The summed E-state index contributed by atoms with van der Waals surface area (Å²) in [5, 5.41) is 8.26. The predicted molar refractivity (Wildman–Crippen MR) is 126 cm³/mol. The van der Waals surface area contributed by atoms with Crippen LogP contribution < -0.4 is 18.9 Å². The largest absolute Gasteiger partial charge is 0.543 e. The minimum atomic E-state index is -1.30. The van der Waals surface area contributed by atoms with Crippen molar-refractivity contribution < 1.29 is 77.2 Å². The first-order valence-electron chi connectivity index (χ1n) is 11.2. The zero-order valence-electron chi connectivity index (χ0n) is 21.8. The summed E-state index contributed by atoms with van der Waals surface area (Å²) in [5.74, 6) is -1.31. The van der Waals surface area contributed by atoms with E-state index in [4.69, 9.17) is 28.4 Å². The molecule has 0 saturated carbocycles. The van der Waals surface area contributed by atoms with E-state index in [1.54, 1.807) is 12.1 Å². The molecule has 16 nitrogen and oxygen atoms in total. The number of para-hydroxylation sites is 2. The fourth-order valence-electron chi connectivity index (χ4n) is 2.90. The van der Waals surface area contributed by atoms with E-state index in [9.17, 15) is 19.2 Å². The molecule has 0 aliphatic heterocycles. The molecular weight excluding hydrogens is 544 g/mol. The first-order valence-corrected chi connectivity index (χ1v) is 11.2. The Morgan fingerprint density at radius 1 is 0.550 bits per heavy atom. The summed E-state index contributed by atoms with van der Waals surface area (Å²) < 4.78 is 29.7. The van der Waals surface area contributed by atoms with Gasteiger partial charge in [0.15, 0.2) is 23.0 Å². The van der Waals surface area contributed by atoms with E-state index >= 15 is 0 Å². The molecule has 0 aliphatic carbocycles. The van der Waals surface area contributed by atoms with Crippen LogP contribution in [0.4, 0.5) is 9.59 Å². The number of carbonyl (C=O) groups is 4. The number of rotatable bonds is 15. The summed E-state index contributed by atoms with van der Waals surface area (Å²) in [5.41, 5.74) is -0.0870. The van der Waals surface area contributed by atoms with Crippen LogP contribution in [0.2, 0.25) is 0 Å². The molecule has 0 unspecified atom stereocenters. The van der Waals surface area contributed by atoms with Gasteiger partial charge in [-0.3, -0.25) is 9.78 Å². The number of methoxy groups -OCH3 is 4. The highest BCUT2D eigenvalue weighted by atomic mass is 17.5. The van der Waals surface area contributed by atoms with Crippen LogP contribution in [0.25, 0.3) is 0 Å². The van der Waals surface area contributed by atoms with Crippen molar-refractivity contribution >= 4 is 24.2 Å². The molecule has 0 aromatic heterocycles. The van der Waals surface area contributed by atoms with Crippen LogP contribution in [-0.2, 0) is 39.1 Å². The topological polar surface area (TPSA) is 179 Å². The second kappa shape index (κ2) is 16.8. The van der Waals surface area contributed by atoms with Gasteiger partial charge in [-0.15, -0.1) is 0 Å². The first kappa shape index (κ1) is 31.3. The monoisotopic (exact) mass is 570 g/mol. The number of hydrogen-bond donors (Lipinski definition) is 0. The van der Waals surface area contributed by atoms with E-state index in [2.05, 4.69) is 29.6 Å². The minimum Gasteiger partial charge on any atom is -0.493 e. The van der Waals surface area contributed by atoms with Crippen LogP contribution in [0.1, 0.15) is 33.6 Å². The van der Waals surface area contributed by atoms with Crippen molar-refractivity contribution in [3.05, 3.63) is 47.5 Å². The van der Waals surface area contributed by atoms with Gasteiger partial charge in [0.25, 0.3) is 0 Å². The van der Waals surface area contributed by atoms with Crippen LogP contribution in [0, 0.1) is 0 Å². The predicted octanol–water partition coefficient (Wildman–Crippen LogP) is 3.51. The fourth-order valence-corrected chi connectivity index (χ4v) is 2.90. The molecule has 0 N–H and O–H groups in total. The highest BCUT2D eigenvalue weighted by Gasteiger charge is 2.21. The Balaban J connectivity index is 1.56. The summed E-state index contributed by atoms with van der Waals surface area (Å²) in [6, 6.07) is 8.90. The Morgan fingerprint density at radius 3 is 1.30 bits per heavy atom. The van der Waals surface area contributed by atoms with Crippen molar-refractivity contribution in [2.45, 2.75) is 12.8 Å². The Bertz CT molecular complexity index is 1060. The second-order valence-corrected chi connectivity index (χ2v) is 7.03. The van der Waals surface area contributed by atoms with E-state index in [-0.39, 0.29) is 60.2 Å². The Morgan fingerprint density at radius 2 is 0.950 bits per heavy atom. The summed E-state index contributed by atoms with van der Waals surface area (Å²) in [7, 11) is 5.42. The van der Waals surface area contributed by atoms with Gasteiger partial charge in [0, 0.05) is 0 Å². The van der Waals surface area contributed by atoms with Crippen LogP contribution in [0.3, 0.4) is 0 Å². The molecule has 0 bridgehead atoms. The number of carbonyl (C=O) groups excluding carboxylic acids is 4. The lowest BCUT2D eigenvalue weighted by Crippen LogP contribution is -2.14. The number of unbranched alkanes of at least 4 members (excludes halogenated alkanes) is 1. The van der Waals surface area contributed by atoms with Gasteiger partial charge in [0.1, 0.15) is 11.1 Å². The maximum absolute atomic E-state index is 12.1. The average Bonchev–Trinajstić information content (AvgIpc) is 2.97. The molecule has 0 heterocycles. The lowest BCUT2D eigenvalue weighted by molar-refractivity contribution is -0.452. The van der Waals surface area contributed by atoms with Crippen LogP contribution in [0.5, 0.6) is 23.0 Å². The van der Waals surface area contributed by atoms with Crippen molar-refractivity contribution in [3.63, 3.8) is 0 Å². The average molecular weight is 570 g/mol. The zero-order chi connectivity index (χ0) is 29.3. The maximum atomic E-state index is 12.1. The molecular formula is C24H26O16. The minimum absolute atomic E-state index is 0.0435. The lowest BCUT2D eigenvalue weighted by Gasteiger charge is -2.10. The van der Waals surface area contributed by atoms with Gasteiger partial charge in [-0.05, 0) is 37.1 Å². The van der Waals surface area contributed by atoms with E-state index in [0.717, 1.165) is 0 Å². The molecule has 0 saturated heterocycles. The van der Waals surface area contributed by atoms with Crippen molar-refractivity contribution in [1.82, 2.24) is 0 Å². The third-order valence-corrected chi connectivity index (χ3v) is 4.65. The highest BCUT2D eigenvalue weighted by molar-refractivity contribution is 5.93. The van der Waals surface area contributed by atoms with Crippen molar-refractivity contribution in [1.29, 1.82) is 0 Å². The molecule has 0 spiro atoms. The molecule has 0 radical (unpaired) electrons. The van der Waals surface area contributed by atoms with Gasteiger partial charge in [0.2, 0.25) is 0 Å². The highest BCUT2D eigenvalue weighted by Crippen LogP contribution is 2.32. The van der Waals surface area contributed by atoms with Crippen LogP contribution in [-0.4, -0.2) is 65.9 Å². The van der Waals surface area contributed by atoms with Gasteiger partial charge in [-0.2, -0.15) is 0 Å². The van der Waals surface area contributed by atoms with E-state index < -0.39 is 24.2 Å². The molecule has 0 fully saturated rings. The van der Waals surface area contributed by atoms with Gasteiger partial charge >= 0.3 is 24.2 Å². The second-order valence-electron chi connectivity index (χ2n) is 7.03. The third kappa shape index (κ3) is 9.41. The van der Waals surface area contributed by atoms with Crippen molar-refractivity contribution in [3.8, 4) is 23.0 Å². The SMILES string of the molecule is COc1cccc(C(=O)OOOC(=O)OCCCCOC(=O)OOOC(=O)c2cccc(OC)c2OC)c1OC. The zero-order valence-corrected chi connectivity index (χ0v) is 21.8. The molecule has 0 atom stereocenters. The standard InChI is InChI=1S/C24H26O16/c1-29-17-11-7-9-15(19(17)31-3)21(25)35-39-37-23(27)33-13-5-6-14-34-24(28)38-40-36-22(26)16-10-8-12-18(30-2)20(16)32-4/h7-12H,5-6,13-14H2,1-4H3. The van der Waals surface area contributed by atoms with Crippen molar-refractivity contribution in [2.75, 3.05) is 41.7 Å². The molecule has 16 heteroatoms. The number of hydrogen-bond acceptors (Lipinski definition) is 16. The molecule has 0 aliphatic rings. The van der Waals surface area contributed by atoms with E-state index in [1.807, 2.05) is 0 Å². The Labute approximate surface area is 227 Å². The lowest BCUT2D eigenvalue weighted by atomic mass is 10.2. The van der Waals surface area contributed by atoms with E-state index in [1.165, 1.54) is 52.7 Å². The Hall–Kier alpha value is -4.96.